The van der Waals surface area contributed by atoms with Gasteiger partial charge in [-0.1, -0.05) is 144 Å². The summed E-state index contributed by atoms with van der Waals surface area (Å²) in [6.07, 6.45) is 0. The van der Waals surface area contributed by atoms with Crippen molar-refractivity contribution in [1.82, 2.24) is 9.80 Å². The number of rotatable bonds is 12. The molecular formula is C32H64N2P2Si4Sn. The standard InChI is InChI=1S/2C16H32NPSi2.Sn/c2*1-17(2)13-14-11-9-10-12-15(14)18-16(19(3,4)5)20(6,7)8;/h2*9-12,16,18H,13H2,1-8H3;. The largest absolute Gasteiger partial charge is 0.305 e. The molecule has 0 spiro atoms. The van der Waals surface area contributed by atoms with Crippen molar-refractivity contribution in [1.29, 1.82) is 0 Å². The molecule has 0 aromatic heterocycles. The Morgan fingerprint density at radius 2 is 0.732 bits per heavy atom. The van der Waals surface area contributed by atoms with Crippen LogP contribution in [0.15, 0.2) is 48.5 Å². The fourth-order valence-electron chi connectivity index (χ4n) is 6.05. The molecule has 4 radical (unpaired) electrons. The summed E-state index contributed by atoms with van der Waals surface area (Å²) < 4.78 is 0. The SMILES string of the molecule is CN(C)Cc1ccccc1PC([Si](C)(C)C)[Si](C)(C)C.CN(C)Cc1ccccc1PC([Si](C)(C)C)[Si](C)(C)C.[Sn]. The van der Waals surface area contributed by atoms with Crippen LogP contribution in [0.1, 0.15) is 11.1 Å². The predicted molar refractivity (Wildman–Crippen MR) is 210 cm³/mol. The molecule has 0 fully saturated rings. The Morgan fingerprint density at radius 1 is 0.488 bits per heavy atom. The molecule has 0 N–H and O–H groups in total. The molecule has 0 saturated heterocycles. The molecule has 232 valence electrons. The van der Waals surface area contributed by atoms with E-state index in [1.165, 1.54) is 11.1 Å². The fourth-order valence-corrected chi connectivity index (χ4v) is 37.3. The first-order valence-electron chi connectivity index (χ1n) is 15.0. The van der Waals surface area contributed by atoms with Crippen molar-refractivity contribution in [2.24, 2.45) is 0 Å². The van der Waals surface area contributed by atoms with Crippen LogP contribution in [0.5, 0.6) is 0 Å². The summed E-state index contributed by atoms with van der Waals surface area (Å²) in [6.45, 7) is 32.8. The molecule has 2 atom stereocenters. The molecule has 0 aliphatic rings. The zero-order valence-electron chi connectivity index (χ0n) is 29.6. The molecule has 9 heteroatoms. The van der Waals surface area contributed by atoms with Gasteiger partial charge < -0.3 is 9.80 Å². The second kappa shape index (κ2) is 17.5. The zero-order chi connectivity index (χ0) is 31.1. The zero-order valence-corrected chi connectivity index (χ0v) is 38.4. The van der Waals surface area contributed by atoms with Crippen LogP contribution < -0.4 is 10.6 Å². The van der Waals surface area contributed by atoms with Crippen molar-refractivity contribution in [3.05, 3.63) is 59.7 Å². The number of hydrogen-bond donors (Lipinski definition) is 0. The molecule has 2 aromatic rings. The van der Waals surface area contributed by atoms with Crippen LogP contribution in [0, 0.1) is 0 Å². The maximum atomic E-state index is 2.55. The molecule has 2 unspecified atom stereocenters. The number of hydrogen-bond acceptors (Lipinski definition) is 2. The third-order valence-electron chi connectivity index (χ3n) is 7.07. The van der Waals surface area contributed by atoms with Crippen LogP contribution in [0.3, 0.4) is 0 Å². The van der Waals surface area contributed by atoms with Crippen LogP contribution >= 0.6 is 17.2 Å². The summed E-state index contributed by atoms with van der Waals surface area (Å²) in [6, 6.07) is 18.2. The quantitative estimate of drug-likeness (QED) is 0.160. The van der Waals surface area contributed by atoms with Crippen LogP contribution in [-0.2, 0) is 13.1 Å². The number of nitrogens with zero attached hydrogens (tertiary/aromatic N) is 2. The first-order valence-corrected chi connectivity index (χ1v) is 31.5. The van der Waals surface area contributed by atoms with Crippen LogP contribution in [0.2, 0.25) is 78.6 Å². The average molecular weight is 770 g/mol. The Bertz CT molecular complexity index is 928. The van der Waals surface area contributed by atoms with E-state index in [9.17, 15) is 0 Å². The minimum Gasteiger partial charge on any atom is -0.305 e. The maximum absolute atomic E-state index is 2.55. The molecule has 0 amide bonds. The van der Waals surface area contributed by atoms with Gasteiger partial charge in [-0.25, -0.2) is 0 Å². The Kier molecular flexibility index (Phi) is 17.9. The van der Waals surface area contributed by atoms with Gasteiger partial charge in [0.15, 0.2) is 0 Å². The molecular weight excluding hydrogens is 705 g/mol. The van der Waals surface area contributed by atoms with Gasteiger partial charge >= 0.3 is 0 Å². The Labute approximate surface area is 281 Å². The molecule has 0 bridgehead atoms. The second-order valence-corrected chi connectivity index (χ2v) is 43.9. The van der Waals surface area contributed by atoms with E-state index in [4.69, 9.17) is 0 Å². The van der Waals surface area contributed by atoms with Crippen molar-refractivity contribution in [3.63, 3.8) is 0 Å². The Hall–Kier alpha value is 0.886. The van der Waals surface area contributed by atoms with Gasteiger partial charge in [-0.3, -0.25) is 0 Å². The van der Waals surface area contributed by atoms with E-state index in [1.807, 2.05) is 0 Å². The monoisotopic (exact) mass is 770 g/mol. The second-order valence-electron chi connectivity index (χ2n) is 16.4. The summed E-state index contributed by atoms with van der Waals surface area (Å²) in [4.78, 5) is 6.50. The van der Waals surface area contributed by atoms with Crippen molar-refractivity contribution in [2.45, 2.75) is 101 Å². The van der Waals surface area contributed by atoms with Gasteiger partial charge in [0.2, 0.25) is 0 Å². The van der Waals surface area contributed by atoms with Gasteiger partial charge in [-0.2, -0.15) is 0 Å². The van der Waals surface area contributed by atoms with E-state index >= 15 is 0 Å². The molecule has 0 heterocycles. The van der Waals surface area contributed by atoms with Crippen LogP contribution in [0.25, 0.3) is 0 Å². The Morgan fingerprint density at radius 3 is 0.951 bits per heavy atom. The summed E-state index contributed by atoms with van der Waals surface area (Å²) in [5.74, 6) is 0. The summed E-state index contributed by atoms with van der Waals surface area (Å²) >= 11 is 0. The van der Waals surface area contributed by atoms with E-state index in [2.05, 4.69) is 165 Å². The molecule has 2 rings (SSSR count). The molecule has 0 aliphatic carbocycles. The van der Waals surface area contributed by atoms with Crippen LogP contribution in [0.4, 0.5) is 0 Å². The van der Waals surface area contributed by atoms with Gasteiger partial charge in [0.25, 0.3) is 0 Å². The summed E-state index contributed by atoms with van der Waals surface area (Å²) in [7, 11) is 6.20. The topological polar surface area (TPSA) is 6.48 Å². The maximum Gasteiger partial charge on any atom is 0.0492 e. The van der Waals surface area contributed by atoms with E-state index in [1.54, 1.807) is 10.6 Å². The van der Waals surface area contributed by atoms with Gasteiger partial charge in [0.05, 0.1) is 0 Å². The molecule has 2 aromatic carbocycles. The van der Waals surface area contributed by atoms with Gasteiger partial charge in [-0.15, -0.1) is 0 Å². The third-order valence-corrected chi connectivity index (χ3v) is 38.7. The first kappa shape index (κ1) is 41.9. The van der Waals surface area contributed by atoms with Crippen molar-refractivity contribution in [2.75, 3.05) is 28.2 Å². The Balaban J connectivity index is 0.000000762. The van der Waals surface area contributed by atoms with Gasteiger partial charge in [0.1, 0.15) is 0 Å². The van der Waals surface area contributed by atoms with Crippen molar-refractivity contribution >= 4 is 84.0 Å². The summed E-state index contributed by atoms with van der Waals surface area (Å²) in [5.41, 5.74) is 3.05. The molecule has 2 nitrogen and oxygen atoms in total. The minimum absolute atomic E-state index is 0. The third kappa shape index (κ3) is 15.6. The molecule has 0 saturated carbocycles. The minimum atomic E-state index is -1.11. The predicted octanol–water partition coefficient (Wildman–Crippen LogP) is 7.97. The van der Waals surface area contributed by atoms with E-state index in [0.717, 1.165) is 40.1 Å². The van der Waals surface area contributed by atoms with Gasteiger partial charge in [0, 0.05) is 69.3 Å². The number of benzene rings is 2. The van der Waals surface area contributed by atoms with E-state index < -0.39 is 32.3 Å². The fraction of sp³-hybridized carbons (Fsp3) is 0.625. The molecule has 0 aliphatic heterocycles. The normalized spacial score (nSPS) is 13.6. The average Bonchev–Trinajstić information content (AvgIpc) is 2.74. The van der Waals surface area contributed by atoms with Gasteiger partial charge in [-0.05, 0) is 59.7 Å². The van der Waals surface area contributed by atoms with E-state index in [-0.39, 0.29) is 23.9 Å². The van der Waals surface area contributed by atoms with Crippen LogP contribution in [-0.4, -0.2) is 104 Å². The van der Waals surface area contributed by atoms with Crippen molar-refractivity contribution < 1.29 is 0 Å². The first-order chi connectivity index (χ1) is 18.0. The van der Waals surface area contributed by atoms with E-state index in [0.29, 0.717) is 0 Å². The summed E-state index contributed by atoms with van der Waals surface area (Å²) in [5, 5.41) is 3.21. The van der Waals surface area contributed by atoms with Crippen molar-refractivity contribution in [3.8, 4) is 0 Å². The smallest absolute Gasteiger partial charge is 0.0492 e. The molecule has 41 heavy (non-hydrogen) atoms.